The van der Waals surface area contributed by atoms with E-state index in [1.165, 1.54) is 37.5 Å². The van der Waals surface area contributed by atoms with Gasteiger partial charge in [-0.05, 0) is 26.0 Å². The Morgan fingerprint density at radius 2 is 1.90 bits per heavy atom. The molecular weight excluding hydrogens is 274 g/mol. The smallest absolute Gasteiger partial charge is 0.269 e. The van der Waals surface area contributed by atoms with Crippen LogP contribution in [-0.2, 0) is 0 Å². The summed E-state index contributed by atoms with van der Waals surface area (Å²) < 4.78 is 5.28. The molecule has 0 aliphatic heterocycles. The van der Waals surface area contributed by atoms with Crippen molar-refractivity contribution < 1.29 is 14.0 Å². The maximum atomic E-state index is 11.9. The first kappa shape index (κ1) is 14.4. The van der Waals surface area contributed by atoms with Crippen LogP contribution in [0, 0.1) is 6.92 Å². The van der Waals surface area contributed by atoms with Crippen LogP contribution in [0.2, 0.25) is 0 Å². The van der Waals surface area contributed by atoms with Gasteiger partial charge in [0.05, 0.1) is 0 Å². The third-order valence-corrected chi connectivity index (χ3v) is 2.66. The lowest BCUT2D eigenvalue weighted by Crippen LogP contribution is -2.31. The number of hydrogen-bond acceptors (Lipinski definition) is 6. The average molecular weight is 287 g/mol. The first-order valence-corrected chi connectivity index (χ1v) is 6.11. The summed E-state index contributed by atoms with van der Waals surface area (Å²) in [4.78, 5) is 38.9. The Labute approximate surface area is 120 Å². The molecule has 0 saturated carbocycles. The Hall–Kier alpha value is -2.96. The van der Waals surface area contributed by atoms with Crippen LogP contribution in [-0.4, -0.2) is 16.7 Å². The van der Waals surface area contributed by atoms with Crippen LogP contribution in [0.25, 0.3) is 0 Å². The zero-order valence-electron chi connectivity index (χ0n) is 11.5. The molecule has 0 aliphatic rings. The molecule has 0 aliphatic carbocycles. The number of carbonyl (C=O) groups is 2. The van der Waals surface area contributed by atoms with Gasteiger partial charge in [0.25, 0.3) is 5.91 Å². The number of rotatable bonds is 4. The quantitative estimate of drug-likeness (QED) is 0.649. The van der Waals surface area contributed by atoms with Crippen LogP contribution in [0.5, 0.6) is 0 Å². The topological polar surface area (TPSA) is 101 Å². The van der Waals surface area contributed by atoms with Crippen LogP contribution < -0.4 is 16.3 Å². The van der Waals surface area contributed by atoms with Crippen LogP contribution >= 0.6 is 0 Å². The number of carbonyl (C=O) groups excluding carboxylic acids is 2. The number of anilines is 1. The molecule has 0 fully saturated rings. The Bertz CT molecular complexity index is 738. The molecule has 7 heteroatoms. The highest BCUT2D eigenvalue weighted by atomic mass is 16.4. The Balaban J connectivity index is 2.23. The predicted molar refractivity (Wildman–Crippen MR) is 75.0 cm³/mol. The fourth-order valence-corrected chi connectivity index (χ4v) is 1.72. The van der Waals surface area contributed by atoms with Gasteiger partial charge in [-0.15, -0.1) is 0 Å². The van der Waals surface area contributed by atoms with E-state index in [0.29, 0.717) is 11.3 Å². The van der Waals surface area contributed by atoms with Crippen molar-refractivity contribution in [3.63, 3.8) is 0 Å². The Morgan fingerprint density at radius 1 is 1.24 bits per heavy atom. The lowest BCUT2D eigenvalue weighted by Gasteiger charge is -2.10. The molecule has 2 heterocycles. The van der Waals surface area contributed by atoms with Crippen molar-refractivity contribution in [2.45, 2.75) is 13.8 Å². The molecule has 0 unspecified atom stereocenters. The summed E-state index contributed by atoms with van der Waals surface area (Å²) in [5, 5.41) is 0. The van der Waals surface area contributed by atoms with Crippen molar-refractivity contribution >= 4 is 17.6 Å². The van der Waals surface area contributed by atoms with Gasteiger partial charge in [-0.3, -0.25) is 30.2 Å². The second kappa shape index (κ2) is 6.00. The van der Waals surface area contributed by atoms with Crippen molar-refractivity contribution in [1.29, 1.82) is 0 Å². The summed E-state index contributed by atoms with van der Waals surface area (Å²) in [5.74, 6) is -0.666. The molecule has 7 nitrogen and oxygen atoms in total. The summed E-state index contributed by atoms with van der Waals surface area (Å²) >= 11 is 0. The van der Waals surface area contributed by atoms with Crippen LogP contribution in [0.15, 0.2) is 39.8 Å². The average Bonchev–Trinajstić information content (AvgIpc) is 2.44. The van der Waals surface area contributed by atoms with Crippen molar-refractivity contribution in [2.75, 3.05) is 5.43 Å². The summed E-state index contributed by atoms with van der Waals surface area (Å²) in [5.41, 5.74) is 4.59. The number of ketones is 1. The molecule has 1 amide bonds. The maximum Gasteiger partial charge on any atom is 0.269 e. The first-order chi connectivity index (χ1) is 9.99. The molecular formula is C14H13N3O4. The zero-order valence-corrected chi connectivity index (χ0v) is 11.5. The van der Waals surface area contributed by atoms with Crippen molar-refractivity contribution in [2.24, 2.45) is 0 Å². The van der Waals surface area contributed by atoms with E-state index in [1.807, 2.05) is 0 Å². The molecule has 2 rings (SSSR count). The maximum absolute atomic E-state index is 11.9. The minimum Gasteiger partial charge on any atom is -0.443 e. The summed E-state index contributed by atoms with van der Waals surface area (Å²) in [7, 11) is 0. The molecule has 2 N–H and O–H groups in total. The molecule has 108 valence electrons. The number of aryl methyl sites for hydroxylation is 1. The normalized spacial score (nSPS) is 10.0. The molecule has 0 saturated heterocycles. The third kappa shape index (κ3) is 3.33. The fourth-order valence-electron chi connectivity index (χ4n) is 1.72. The van der Waals surface area contributed by atoms with Crippen LogP contribution in [0.4, 0.5) is 5.88 Å². The first-order valence-electron chi connectivity index (χ1n) is 6.11. The van der Waals surface area contributed by atoms with Crippen LogP contribution in [0.3, 0.4) is 0 Å². The lowest BCUT2D eigenvalue weighted by atomic mass is 10.2. The van der Waals surface area contributed by atoms with Gasteiger partial charge >= 0.3 is 0 Å². The van der Waals surface area contributed by atoms with Gasteiger partial charge in [0.1, 0.15) is 11.3 Å². The standard InChI is InChI=1S/C14H13N3O4/c1-8-7-11(19)12(9(2)18)14(21-8)17-16-13(20)10-3-5-15-6-4-10/h3-7,17H,1-2H3,(H,16,20). The zero-order chi connectivity index (χ0) is 15.4. The summed E-state index contributed by atoms with van der Waals surface area (Å²) in [6.07, 6.45) is 2.95. The number of Topliss-reactive ketones (excluding diaryl/α,β-unsaturated/α-hetero) is 1. The highest BCUT2D eigenvalue weighted by Crippen LogP contribution is 2.13. The van der Waals surface area contributed by atoms with Gasteiger partial charge in [-0.25, -0.2) is 0 Å². The summed E-state index contributed by atoms with van der Waals surface area (Å²) in [6, 6.07) is 4.26. The van der Waals surface area contributed by atoms with E-state index in [1.54, 1.807) is 6.92 Å². The summed E-state index contributed by atoms with van der Waals surface area (Å²) in [6.45, 7) is 2.82. The number of pyridine rings is 1. The van der Waals surface area contributed by atoms with Gasteiger partial charge in [-0.2, -0.15) is 0 Å². The Morgan fingerprint density at radius 3 is 2.52 bits per heavy atom. The highest BCUT2D eigenvalue weighted by molar-refractivity contribution is 5.99. The van der Waals surface area contributed by atoms with Crippen LogP contribution in [0.1, 0.15) is 33.4 Å². The van der Waals surface area contributed by atoms with E-state index in [9.17, 15) is 14.4 Å². The molecule has 0 radical (unpaired) electrons. The van der Waals surface area contributed by atoms with Crippen molar-refractivity contribution in [1.82, 2.24) is 10.4 Å². The predicted octanol–water partition coefficient (Wildman–Crippen LogP) is 1.30. The molecule has 0 spiro atoms. The molecule has 2 aromatic rings. The SMILES string of the molecule is CC(=O)c1c(NNC(=O)c2ccncc2)oc(C)cc1=O. The van der Waals surface area contributed by atoms with E-state index in [-0.39, 0.29) is 11.4 Å². The van der Waals surface area contributed by atoms with Gasteiger partial charge in [0.15, 0.2) is 11.2 Å². The minimum atomic E-state index is -0.466. The second-order valence-electron chi connectivity index (χ2n) is 4.30. The number of nitrogens with zero attached hydrogens (tertiary/aromatic N) is 1. The van der Waals surface area contributed by atoms with E-state index in [2.05, 4.69) is 15.8 Å². The largest absolute Gasteiger partial charge is 0.443 e. The molecule has 21 heavy (non-hydrogen) atoms. The Kier molecular flexibility index (Phi) is 4.13. The van der Waals surface area contributed by atoms with E-state index < -0.39 is 17.1 Å². The molecule has 0 aromatic carbocycles. The third-order valence-electron chi connectivity index (χ3n) is 2.66. The minimum absolute atomic E-state index is 0.0880. The van der Waals surface area contributed by atoms with Gasteiger partial charge in [0, 0.05) is 24.0 Å². The van der Waals surface area contributed by atoms with Crippen molar-refractivity contribution in [3.05, 3.63) is 57.7 Å². The molecule has 0 atom stereocenters. The van der Waals surface area contributed by atoms with E-state index >= 15 is 0 Å². The van der Waals surface area contributed by atoms with Crippen molar-refractivity contribution in [3.8, 4) is 0 Å². The monoisotopic (exact) mass is 287 g/mol. The lowest BCUT2D eigenvalue weighted by molar-refractivity contribution is 0.0957. The number of amides is 1. The van der Waals surface area contributed by atoms with Gasteiger partial charge < -0.3 is 4.42 Å². The molecule has 2 aromatic heterocycles. The van der Waals surface area contributed by atoms with Gasteiger partial charge in [0.2, 0.25) is 5.88 Å². The molecule has 0 bridgehead atoms. The highest BCUT2D eigenvalue weighted by Gasteiger charge is 2.16. The number of aromatic nitrogens is 1. The second-order valence-corrected chi connectivity index (χ2v) is 4.30. The fraction of sp³-hybridized carbons (Fsp3) is 0.143. The van der Waals surface area contributed by atoms with Gasteiger partial charge in [-0.1, -0.05) is 0 Å². The number of hydrazine groups is 1. The van der Waals surface area contributed by atoms with E-state index in [0.717, 1.165) is 0 Å². The number of nitrogens with one attached hydrogen (secondary N) is 2. The van der Waals surface area contributed by atoms with E-state index in [4.69, 9.17) is 4.42 Å². The number of hydrogen-bond donors (Lipinski definition) is 2.